The summed E-state index contributed by atoms with van der Waals surface area (Å²) >= 11 is 0. The van der Waals surface area contributed by atoms with E-state index in [9.17, 15) is 9.59 Å². The number of nitrogen functional groups attached to an aromatic ring is 1. The Kier molecular flexibility index (Phi) is 3.79. The smallest absolute Gasteiger partial charge is 0.354 e. The van der Waals surface area contributed by atoms with Crippen LogP contribution >= 0.6 is 0 Å². The van der Waals surface area contributed by atoms with Gasteiger partial charge in [-0.15, -0.1) is 0 Å². The average Bonchev–Trinajstić information content (AvgIpc) is 2.56. The number of pyridine rings is 1. The van der Waals surface area contributed by atoms with Crippen LogP contribution in [0.3, 0.4) is 0 Å². The van der Waals surface area contributed by atoms with E-state index in [-0.39, 0.29) is 5.92 Å². The van der Waals surface area contributed by atoms with Crippen molar-refractivity contribution in [2.45, 2.75) is 33.1 Å². The van der Waals surface area contributed by atoms with Crippen molar-refractivity contribution in [2.75, 3.05) is 30.4 Å². The van der Waals surface area contributed by atoms with Gasteiger partial charge in [-0.25, -0.2) is 4.79 Å². The maximum absolute atomic E-state index is 12.5. The molecule has 7 heteroatoms. The van der Waals surface area contributed by atoms with Crippen molar-refractivity contribution in [3.8, 4) is 5.75 Å². The Labute approximate surface area is 133 Å². The molecule has 0 spiro atoms. The van der Waals surface area contributed by atoms with Crippen LogP contribution in [0.25, 0.3) is 5.52 Å². The van der Waals surface area contributed by atoms with E-state index in [0.717, 1.165) is 25.2 Å². The fourth-order valence-electron chi connectivity index (χ4n) is 3.22. The van der Waals surface area contributed by atoms with Crippen molar-refractivity contribution in [1.82, 2.24) is 9.08 Å². The molecule has 0 fully saturated rings. The molecule has 2 aromatic rings. The summed E-state index contributed by atoms with van der Waals surface area (Å²) in [4.78, 5) is 27.0. The summed E-state index contributed by atoms with van der Waals surface area (Å²) in [6.45, 7) is 8.19. The number of nitrogens with zero attached hydrogens (tertiary/aromatic N) is 3. The third-order valence-corrected chi connectivity index (χ3v) is 4.37. The summed E-state index contributed by atoms with van der Waals surface area (Å²) in [6.07, 6.45) is 2.67. The predicted octanol–water partition coefficient (Wildman–Crippen LogP) is 0.907. The molecule has 1 aliphatic rings. The van der Waals surface area contributed by atoms with Crippen LogP contribution in [0.4, 0.5) is 5.69 Å². The number of anilines is 1. The standard InChI is InChI=1S/C16H22N4O3/c1-4-7-18(5-2)11-6-8-19-13-12(10(3)9-23-14(11)13)15(21)20(17)16(19)22/h6,8,10H,4-5,7,9,17H2,1-3H3. The number of hydrogen-bond acceptors (Lipinski definition) is 5. The van der Waals surface area contributed by atoms with Crippen molar-refractivity contribution < 1.29 is 4.74 Å². The highest BCUT2D eigenvalue weighted by atomic mass is 16.5. The molecule has 23 heavy (non-hydrogen) atoms. The van der Waals surface area contributed by atoms with Gasteiger partial charge < -0.3 is 15.5 Å². The van der Waals surface area contributed by atoms with E-state index in [1.807, 2.05) is 13.0 Å². The lowest BCUT2D eigenvalue weighted by atomic mass is 9.99. The van der Waals surface area contributed by atoms with Crippen LogP contribution in [0.1, 0.15) is 38.7 Å². The molecule has 2 N–H and O–H groups in total. The van der Waals surface area contributed by atoms with Gasteiger partial charge in [0.25, 0.3) is 5.56 Å². The second-order valence-electron chi connectivity index (χ2n) is 5.91. The van der Waals surface area contributed by atoms with Crippen molar-refractivity contribution in [1.29, 1.82) is 0 Å². The van der Waals surface area contributed by atoms with Crippen molar-refractivity contribution in [3.05, 3.63) is 38.7 Å². The Morgan fingerprint density at radius 1 is 1.39 bits per heavy atom. The molecule has 0 aliphatic carbocycles. The lowest BCUT2D eigenvalue weighted by Crippen LogP contribution is -2.46. The Bertz CT molecular complexity index is 868. The maximum atomic E-state index is 12.5. The van der Waals surface area contributed by atoms with Gasteiger partial charge >= 0.3 is 5.69 Å². The molecular weight excluding hydrogens is 296 g/mol. The van der Waals surface area contributed by atoms with Gasteiger partial charge in [0.15, 0.2) is 5.75 Å². The van der Waals surface area contributed by atoms with Crippen LogP contribution in [-0.4, -0.2) is 28.8 Å². The molecule has 7 nitrogen and oxygen atoms in total. The molecule has 0 saturated heterocycles. The van der Waals surface area contributed by atoms with Crippen LogP contribution < -0.4 is 26.7 Å². The van der Waals surface area contributed by atoms with Gasteiger partial charge in [0.05, 0.1) is 17.9 Å². The highest BCUT2D eigenvalue weighted by Crippen LogP contribution is 2.38. The zero-order chi connectivity index (χ0) is 16.7. The quantitative estimate of drug-likeness (QED) is 0.847. The molecule has 124 valence electrons. The monoisotopic (exact) mass is 318 g/mol. The van der Waals surface area contributed by atoms with E-state index in [1.54, 1.807) is 6.20 Å². The summed E-state index contributed by atoms with van der Waals surface area (Å²) in [7, 11) is 0. The minimum atomic E-state index is -0.558. The van der Waals surface area contributed by atoms with E-state index in [1.165, 1.54) is 4.40 Å². The highest BCUT2D eigenvalue weighted by molar-refractivity contribution is 5.78. The summed E-state index contributed by atoms with van der Waals surface area (Å²) in [5.74, 6) is 6.14. The van der Waals surface area contributed by atoms with Gasteiger partial charge in [-0.2, -0.15) is 4.68 Å². The molecule has 2 aromatic heterocycles. The zero-order valence-electron chi connectivity index (χ0n) is 13.7. The molecule has 0 aromatic carbocycles. The van der Waals surface area contributed by atoms with E-state index < -0.39 is 11.2 Å². The minimum Gasteiger partial charge on any atom is -0.489 e. The summed E-state index contributed by atoms with van der Waals surface area (Å²) in [5.41, 5.74) is 1.01. The number of aromatic nitrogens is 2. The van der Waals surface area contributed by atoms with Gasteiger partial charge in [-0.3, -0.25) is 9.20 Å². The Morgan fingerprint density at radius 2 is 2.13 bits per heavy atom. The van der Waals surface area contributed by atoms with Gasteiger partial charge in [0, 0.05) is 25.2 Å². The molecule has 1 atom stereocenters. The lowest BCUT2D eigenvalue weighted by molar-refractivity contribution is 0.286. The lowest BCUT2D eigenvalue weighted by Gasteiger charge is -2.30. The molecule has 0 bridgehead atoms. The summed E-state index contributed by atoms with van der Waals surface area (Å²) in [6, 6.07) is 1.85. The van der Waals surface area contributed by atoms with Crippen LogP contribution in [0.2, 0.25) is 0 Å². The third kappa shape index (κ3) is 2.18. The van der Waals surface area contributed by atoms with Crippen LogP contribution in [0.5, 0.6) is 5.75 Å². The van der Waals surface area contributed by atoms with Gasteiger partial charge in [-0.05, 0) is 19.4 Å². The molecule has 0 saturated carbocycles. The Hall–Kier alpha value is -2.44. The van der Waals surface area contributed by atoms with E-state index >= 15 is 0 Å². The molecule has 1 aliphatic heterocycles. The first-order chi connectivity index (χ1) is 11.0. The Balaban J connectivity index is 2.41. The van der Waals surface area contributed by atoms with Crippen molar-refractivity contribution in [2.24, 2.45) is 0 Å². The molecule has 3 rings (SSSR count). The molecule has 3 heterocycles. The Morgan fingerprint density at radius 3 is 2.78 bits per heavy atom. The molecular formula is C16H22N4O3. The van der Waals surface area contributed by atoms with Crippen LogP contribution in [0, 0.1) is 0 Å². The fraction of sp³-hybridized carbons (Fsp3) is 0.500. The first-order valence-corrected chi connectivity index (χ1v) is 7.98. The highest BCUT2D eigenvalue weighted by Gasteiger charge is 2.28. The zero-order valence-corrected chi connectivity index (χ0v) is 13.7. The van der Waals surface area contributed by atoms with Crippen molar-refractivity contribution in [3.63, 3.8) is 0 Å². The second kappa shape index (κ2) is 5.64. The van der Waals surface area contributed by atoms with Gasteiger partial charge in [0.1, 0.15) is 5.52 Å². The van der Waals surface area contributed by atoms with Gasteiger partial charge in [-0.1, -0.05) is 13.8 Å². The number of ether oxygens (including phenoxy) is 1. The molecule has 1 unspecified atom stereocenters. The number of rotatable bonds is 4. The first-order valence-electron chi connectivity index (χ1n) is 7.98. The SMILES string of the molecule is CCCN(CC)c1ccn2c(=O)n(N)c(=O)c3c2c1OCC3C. The molecule has 0 radical (unpaired) electrons. The molecule has 0 amide bonds. The topological polar surface area (TPSA) is 82.0 Å². The third-order valence-electron chi connectivity index (χ3n) is 4.37. The summed E-state index contributed by atoms with van der Waals surface area (Å²) < 4.78 is 8.01. The van der Waals surface area contributed by atoms with Gasteiger partial charge in [0.2, 0.25) is 0 Å². The normalized spacial score (nSPS) is 16.4. The maximum Gasteiger partial charge on any atom is 0.354 e. The average molecular weight is 318 g/mol. The van der Waals surface area contributed by atoms with Crippen LogP contribution in [0.15, 0.2) is 21.9 Å². The number of nitrogens with two attached hydrogens (primary N) is 1. The summed E-state index contributed by atoms with van der Waals surface area (Å²) in [5, 5.41) is 0. The van der Waals surface area contributed by atoms with Crippen molar-refractivity contribution >= 4 is 11.2 Å². The van der Waals surface area contributed by atoms with E-state index in [0.29, 0.717) is 28.1 Å². The van der Waals surface area contributed by atoms with E-state index in [4.69, 9.17) is 10.6 Å². The minimum absolute atomic E-state index is 0.114. The fourth-order valence-corrected chi connectivity index (χ4v) is 3.22. The van der Waals surface area contributed by atoms with Crippen LogP contribution in [-0.2, 0) is 0 Å². The van der Waals surface area contributed by atoms with E-state index in [2.05, 4.69) is 18.7 Å². The second-order valence-corrected chi connectivity index (χ2v) is 5.91. The first kappa shape index (κ1) is 15.5. The predicted molar refractivity (Wildman–Crippen MR) is 90.2 cm³/mol. The number of hydrogen-bond donors (Lipinski definition) is 1. The largest absolute Gasteiger partial charge is 0.489 e.